The van der Waals surface area contributed by atoms with Crippen molar-refractivity contribution in [1.29, 1.82) is 0 Å². The minimum atomic E-state index is 0.258. The first-order chi connectivity index (χ1) is 9.13. The van der Waals surface area contributed by atoms with Gasteiger partial charge < -0.3 is 5.32 Å². The van der Waals surface area contributed by atoms with E-state index in [1.165, 1.54) is 5.56 Å². The number of aryl methyl sites for hydroxylation is 2. The van der Waals surface area contributed by atoms with Crippen LogP contribution in [0.1, 0.15) is 37.6 Å². The third kappa shape index (κ3) is 3.29. The van der Waals surface area contributed by atoms with Gasteiger partial charge in [0.05, 0.1) is 17.4 Å². The highest BCUT2D eigenvalue weighted by atomic mass is 35.5. The Labute approximate surface area is 119 Å². The number of hydrogen-bond donors (Lipinski definition) is 1. The molecule has 0 fully saturated rings. The van der Waals surface area contributed by atoms with Crippen LogP contribution in [0.25, 0.3) is 0 Å². The summed E-state index contributed by atoms with van der Waals surface area (Å²) < 4.78 is 1.85. The number of halogens is 1. The fourth-order valence-electron chi connectivity index (χ4n) is 2.25. The van der Waals surface area contributed by atoms with Crippen LogP contribution < -0.4 is 5.32 Å². The number of rotatable bonds is 5. The summed E-state index contributed by atoms with van der Waals surface area (Å²) in [7, 11) is 1.95. The molecule has 1 heterocycles. The Kier molecular flexibility index (Phi) is 4.48. The molecule has 0 aliphatic heterocycles. The molecule has 1 N–H and O–H groups in total. The van der Waals surface area contributed by atoms with Gasteiger partial charge in [0.1, 0.15) is 0 Å². The summed E-state index contributed by atoms with van der Waals surface area (Å²) in [4.78, 5) is 0. The molecule has 1 aromatic heterocycles. The molecule has 0 amide bonds. The maximum Gasteiger partial charge on any atom is 0.0853 e. The third-order valence-corrected chi connectivity index (χ3v) is 3.46. The molecule has 3 nitrogen and oxygen atoms in total. The molecule has 0 bridgehead atoms. The van der Waals surface area contributed by atoms with Crippen LogP contribution in [0.4, 0.5) is 5.69 Å². The van der Waals surface area contributed by atoms with Crippen molar-refractivity contribution in [1.82, 2.24) is 9.78 Å². The van der Waals surface area contributed by atoms with Crippen molar-refractivity contribution < 1.29 is 0 Å². The maximum absolute atomic E-state index is 6.07. The minimum absolute atomic E-state index is 0.258. The van der Waals surface area contributed by atoms with Crippen LogP contribution >= 0.6 is 11.6 Å². The number of aromatic nitrogens is 2. The van der Waals surface area contributed by atoms with Gasteiger partial charge in [0, 0.05) is 18.3 Å². The predicted molar refractivity (Wildman–Crippen MR) is 80.7 cm³/mol. The van der Waals surface area contributed by atoms with Crippen LogP contribution in [0.3, 0.4) is 0 Å². The Morgan fingerprint density at radius 1 is 1.37 bits per heavy atom. The smallest absolute Gasteiger partial charge is 0.0853 e. The lowest BCUT2D eigenvalue weighted by atomic mass is 10.0. The maximum atomic E-state index is 6.07. The van der Waals surface area contributed by atoms with E-state index < -0.39 is 0 Å². The molecular weight excluding hydrogens is 258 g/mol. The van der Waals surface area contributed by atoms with Crippen molar-refractivity contribution in [3.63, 3.8) is 0 Å². The lowest BCUT2D eigenvalue weighted by Gasteiger charge is -2.18. The van der Waals surface area contributed by atoms with E-state index >= 15 is 0 Å². The van der Waals surface area contributed by atoms with Gasteiger partial charge >= 0.3 is 0 Å². The predicted octanol–water partition coefficient (Wildman–Crippen LogP) is 4.20. The fourth-order valence-corrected chi connectivity index (χ4v) is 2.45. The van der Waals surface area contributed by atoms with Crippen molar-refractivity contribution in [3.05, 3.63) is 46.7 Å². The van der Waals surface area contributed by atoms with E-state index in [1.807, 2.05) is 36.1 Å². The molecule has 0 saturated carbocycles. The van der Waals surface area contributed by atoms with E-state index in [9.17, 15) is 0 Å². The van der Waals surface area contributed by atoms with Gasteiger partial charge in [0.2, 0.25) is 0 Å². The van der Waals surface area contributed by atoms with E-state index in [4.69, 9.17) is 11.6 Å². The number of nitrogens with zero attached hydrogens (tertiary/aromatic N) is 2. The first-order valence-electron chi connectivity index (χ1n) is 6.68. The van der Waals surface area contributed by atoms with Crippen LogP contribution in [-0.2, 0) is 13.5 Å². The van der Waals surface area contributed by atoms with E-state index in [0.717, 1.165) is 29.2 Å². The lowest BCUT2D eigenvalue weighted by molar-refractivity contribution is 0.746. The van der Waals surface area contributed by atoms with E-state index in [0.29, 0.717) is 0 Å². The molecule has 2 rings (SSSR count). The SMILES string of the molecule is CCc1nn(C)cc1NC(CC)c1cccc(Cl)c1. The normalized spacial score (nSPS) is 12.4. The van der Waals surface area contributed by atoms with Crippen LogP contribution in [0.15, 0.2) is 30.5 Å². The third-order valence-electron chi connectivity index (χ3n) is 3.23. The highest BCUT2D eigenvalue weighted by molar-refractivity contribution is 6.30. The summed E-state index contributed by atoms with van der Waals surface area (Å²) in [5.74, 6) is 0. The molecule has 0 spiro atoms. The molecule has 1 aromatic carbocycles. The van der Waals surface area contributed by atoms with Crippen LogP contribution in [0.2, 0.25) is 5.02 Å². The van der Waals surface area contributed by atoms with Gasteiger partial charge in [-0.25, -0.2) is 0 Å². The van der Waals surface area contributed by atoms with Gasteiger partial charge in [-0.05, 0) is 30.5 Å². The number of hydrogen-bond acceptors (Lipinski definition) is 2. The van der Waals surface area contributed by atoms with Crippen LogP contribution in [0, 0.1) is 0 Å². The average molecular weight is 278 g/mol. The average Bonchev–Trinajstić information content (AvgIpc) is 2.76. The summed E-state index contributed by atoms with van der Waals surface area (Å²) in [5.41, 5.74) is 3.42. The lowest BCUT2D eigenvalue weighted by Crippen LogP contribution is -2.10. The number of nitrogens with one attached hydrogen (secondary N) is 1. The van der Waals surface area contributed by atoms with Crippen LogP contribution in [-0.4, -0.2) is 9.78 Å². The largest absolute Gasteiger partial charge is 0.375 e. The Balaban J connectivity index is 2.23. The van der Waals surface area contributed by atoms with Crippen molar-refractivity contribution in [2.24, 2.45) is 7.05 Å². The van der Waals surface area contributed by atoms with E-state index in [2.05, 4.69) is 30.3 Å². The molecule has 2 aromatic rings. The first-order valence-corrected chi connectivity index (χ1v) is 7.06. The van der Waals surface area contributed by atoms with Crippen LogP contribution in [0.5, 0.6) is 0 Å². The fraction of sp³-hybridized carbons (Fsp3) is 0.400. The molecule has 102 valence electrons. The number of benzene rings is 1. The van der Waals surface area contributed by atoms with E-state index in [-0.39, 0.29) is 6.04 Å². The zero-order chi connectivity index (χ0) is 13.8. The molecule has 0 saturated heterocycles. The van der Waals surface area contributed by atoms with Crippen molar-refractivity contribution >= 4 is 17.3 Å². The molecule has 1 atom stereocenters. The van der Waals surface area contributed by atoms with Crippen molar-refractivity contribution in [2.45, 2.75) is 32.7 Å². The Hall–Kier alpha value is -1.48. The number of anilines is 1. The molecule has 0 aliphatic carbocycles. The van der Waals surface area contributed by atoms with Gasteiger partial charge in [-0.2, -0.15) is 5.10 Å². The van der Waals surface area contributed by atoms with E-state index in [1.54, 1.807) is 0 Å². The second-order valence-electron chi connectivity index (χ2n) is 4.68. The van der Waals surface area contributed by atoms with Gasteiger partial charge in [-0.3, -0.25) is 4.68 Å². The highest BCUT2D eigenvalue weighted by Crippen LogP contribution is 2.26. The van der Waals surface area contributed by atoms with Gasteiger partial charge in [-0.15, -0.1) is 0 Å². The minimum Gasteiger partial charge on any atom is -0.375 e. The summed E-state index contributed by atoms with van der Waals surface area (Å²) in [6.45, 7) is 4.29. The van der Waals surface area contributed by atoms with Gasteiger partial charge in [0.15, 0.2) is 0 Å². The molecule has 4 heteroatoms. The first kappa shape index (κ1) is 13.9. The Morgan fingerprint density at radius 2 is 2.16 bits per heavy atom. The quantitative estimate of drug-likeness (QED) is 0.888. The molecule has 19 heavy (non-hydrogen) atoms. The Morgan fingerprint density at radius 3 is 2.79 bits per heavy atom. The van der Waals surface area contributed by atoms with Crippen molar-refractivity contribution in [3.8, 4) is 0 Å². The Bertz CT molecular complexity index is 548. The summed E-state index contributed by atoms with van der Waals surface area (Å²) in [6.07, 6.45) is 3.96. The van der Waals surface area contributed by atoms with Crippen molar-refractivity contribution in [2.75, 3.05) is 5.32 Å². The zero-order valence-electron chi connectivity index (χ0n) is 11.7. The summed E-state index contributed by atoms with van der Waals surface area (Å²) in [6, 6.07) is 8.28. The monoisotopic (exact) mass is 277 g/mol. The summed E-state index contributed by atoms with van der Waals surface area (Å²) >= 11 is 6.07. The highest BCUT2D eigenvalue weighted by Gasteiger charge is 2.13. The van der Waals surface area contributed by atoms with Gasteiger partial charge in [-0.1, -0.05) is 37.6 Å². The standard InChI is InChI=1S/C15H20ClN3/c1-4-13(11-7-6-8-12(16)9-11)17-15-10-19(3)18-14(15)5-2/h6-10,13,17H,4-5H2,1-3H3. The summed E-state index contributed by atoms with van der Waals surface area (Å²) in [5, 5.41) is 8.80. The molecule has 0 radical (unpaired) electrons. The zero-order valence-corrected chi connectivity index (χ0v) is 12.4. The second kappa shape index (κ2) is 6.11. The topological polar surface area (TPSA) is 29.9 Å². The molecule has 1 unspecified atom stereocenters. The molecule has 0 aliphatic rings. The molecular formula is C15H20ClN3. The van der Waals surface area contributed by atoms with Gasteiger partial charge in [0.25, 0.3) is 0 Å². The second-order valence-corrected chi connectivity index (χ2v) is 5.11.